The molecule has 0 unspecified atom stereocenters. The molecule has 1 N–H and O–H groups in total. The predicted molar refractivity (Wildman–Crippen MR) is 109 cm³/mol. The highest BCUT2D eigenvalue weighted by atomic mass is 35.5. The van der Waals surface area contributed by atoms with Crippen LogP contribution < -0.4 is 15.0 Å². The molecule has 0 saturated carbocycles. The molecule has 0 radical (unpaired) electrons. The maximum atomic E-state index is 12.6. The van der Waals surface area contributed by atoms with Gasteiger partial charge in [0, 0.05) is 24.8 Å². The Morgan fingerprint density at radius 2 is 2.10 bits per heavy atom. The summed E-state index contributed by atoms with van der Waals surface area (Å²) in [6, 6.07) is 11.2. The summed E-state index contributed by atoms with van der Waals surface area (Å²) in [7, 11) is 1.62. The number of piperidine rings is 1. The van der Waals surface area contributed by atoms with Gasteiger partial charge >= 0.3 is 6.01 Å². The molecule has 0 spiro atoms. The number of carbonyl (C=O) groups is 1. The van der Waals surface area contributed by atoms with Crippen LogP contribution in [0.15, 0.2) is 47.1 Å². The lowest BCUT2D eigenvalue weighted by molar-refractivity contribution is -0.120. The van der Waals surface area contributed by atoms with Crippen LogP contribution >= 0.6 is 11.6 Å². The molecular weight excluding hydrogens is 394 g/mol. The first kappa shape index (κ1) is 19.2. The molecular formula is C20H20ClN5O3. The molecule has 2 aromatic heterocycles. The van der Waals surface area contributed by atoms with Gasteiger partial charge in [0.15, 0.2) is 0 Å². The molecule has 1 aromatic carbocycles. The molecule has 1 saturated heterocycles. The molecule has 1 fully saturated rings. The van der Waals surface area contributed by atoms with Crippen LogP contribution in [0.2, 0.25) is 5.02 Å². The number of pyridine rings is 1. The van der Waals surface area contributed by atoms with Crippen LogP contribution in [-0.4, -0.2) is 41.2 Å². The third kappa shape index (κ3) is 4.48. The first-order valence-corrected chi connectivity index (χ1v) is 9.65. The fourth-order valence-corrected chi connectivity index (χ4v) is 3.36. The van der Waals surface area contributed by atoms with E-state index in [2.05, 4.69) is 20.4 Å². The number of nitrogens with zero attached hydrogens (tertiary/aromatic N) is 4. The van der Waals surface area contributed by atoms with Gasteiger partial charge in [-0.2, -0.15) is 4.98 Å². The van der Waals surface area contributed by atoms with E-state index in [9.17, 15) is 4.79 Å². The van der Waals surface area contributed by atoms with E-state index in [0.717, 1.165) is 30.7 Å². The molecule has 3 heterocycles. The molecule has 0 bridgehead atoms. The number of carbonyl (C=O) groups excluding carboxylic acids is 1. The quantitative estimate of drug-likeness (QED) is 0.682. The fraction of sp³-hybridized carbons (Fsp3) is 0.300. The van der Waals surface area contributed by atoms with Crippen molar-refractivity contribution in [1.29, 1.82) is 0 Å². The Morgan fingerprint density at radius 3 is 2.83 bits per heavy atom. The maximum absolute atomic E-state index is 12.6. The van der Waals surface area contributed by atoms with Crippen molar-refractivity contribution in [1.82, 2.24) is 15.1 Å². The number of amides is 1. The van der Waals surface area contributed by atoms with Gasteiger partial charge in [-0.15, -0.1) is 0 Å². The molecule has 1 aliphatic heterocycles. The lowest BCUT2D eigenvalue weighted by Gasteiger charge is -2.30. The zero-order valence-corrected chi connectivity index (χ0v) is 16.6. The van der Waals surface area contributed by atoms with Crippen LogP contribution in [0.5, 0.6) is 5.75 Å². The Morgan fingerprint density at radius 1 is 1.28 bits per heavy atom. The Labute approximate surface area is 172 Å². The van der Waals surface area contributed by atoms with Crippen molar-refractivity contribution in [3.8, 4) is 17.1 Å². The van der Waals surface area contributed by atoms with Crippen molar-refractivity contribution < 1.29 is 14.1 Å². The van der Waals surface area contributed by atoms with Crippen molar-refractivity contribution in [2.45, 2.75) is 12.8 Å². The van der Waals surface area contributed by atoms with E-state index in [-0.39, 0.29) is 11.8 Å². The predicted octanol–water partition coefficient (Wildman–Crippen LogP) is 3.65. The topological polar surface area (TPSA) is 93.4 Å². The zero-order valence-electron chi connectivity index (χ0n) is 15.8. The molecule has 1 aliphatic rings. The van der Waals surface area contributed by atoms with Crippen molar-refractivity contribution in [3.63, 3.8) is 0 Å². The minimum Gasteiger partial charge on any atom is -0.497 e. The second kappa shape index (κ2) is 8.48. The maximum Gasteiger partial charge on any atom is 0.324 e. The lowest BCUT2D eigenvalue weighted by atomic mass is 9.97. The van der Waals surface area contributed by atoms with Gasteiger partial charge in [0.25, 0.3) is 0 Å². The minimum atomic E-state index is -0.197. The van der Waals surface area contributed by atoms with E-state index < -0.39 is 0 Å². The zero-order chi connectivity index (χ0) is 20.2. The third-order valence-corrected chi connectivity index (χ3v) is 5.03. The SMILES string of the molecule is COc1ccc(-c2noc(N3CCC[C@@H](C(=O)Nc4ccc(Cl)cn4)C3)n2)cc1. The average molecular weight is 414 g/mol. The Bertz CT molecular complexity index is 975. The monoisotopic (exact) mass is 413 g/mol. The number of aromatic nitrogens is 3. The average Bonchev–Trinajstić information content (AvgIpc) is 3.26. The summed E-state index contributed by atoms with van der Waals surface area (Å²) in [5.74, 6) is 1.46. The minimum absolute atomic E-state index is 0.0839. The Balaban J connectivity index is 1.42. The number of rotatable bonds is 5. The fourth-order valence-electron chi connectivity index (χ4n) is 3.24. The molecule has 9 heteroatoms. The van der Waals surface area contributed by atoms with Crippen LogP contribution in [0, 0.1) is 5.92 Å². The van der Waals surface area contributed by atoms with Gasteiger partial charge in [-0.1, -0.05) is 16.8 Å². The molecule has 1 amide bonds. The summed E-state index contributed by atoms with van der Waals surface area (Å²) in [4.78, 5) is 23.2. The number of ether oxygens (including phenoxy) is 1. The van der Waals surface area contributed by atoms with Crippen LogP contribution in [0.4, 0.5) is 11.8 Å². The van der Waals surface area contributed by atoms with E-state index in [1.165, 1.54) is 6.20 Å². The summed E-state index contributed by atoms with van der Waals surface area (Å²) in [5, 5.41) is 7.43. The number of benzene rings is 1. The molecule has 8 nitrogen and oxygen atoms in total. The van der Waals surface area contributed by atoms with Crippen LogP contribution in [-0.2, 0) is 4.79 Å². The van der Waals surface area contributed by atoms with Crippen molar-refractivity contribution >= 4 is 29.3 Å². The molecule has 1 atom stereocenters. The van der Waals surface area contributed by atoms with E-state index in [0.29, 0.717) is 29.2 Å². The molecule has 0 aliphatic carbocycles. The summed E-state index contributed by atoms with van der Waals surface area (Å²) in [6.45, 7) is 1.26. The Kier molecular flexibility index (Phi) is 5.62. The number of hydrogen-bond donors (Lipinski definition) is 1. The van der Waals surface area contributed by atoms with Crippen molar-refractivity contribution in [2.75, 3.05) is 30.4 Å². The molecule has 3 aromatic rings. The summed E-state index contributed by atoms with van der Waals surface area (Å²) in [6.07, 6.45) is 3.14. The number of hydrogen-bond acceptors (Lipinski definition) is 7. The van der Waals surface area contributed by atoms with Crippen molar-refractivity contribution in [3.05, 3.63) is 47.6 Å². The van der Waals surface area contributed by atoms with Gasteiger partial charge in [0.2, 0.25) is 11.7 Å². The highest BCUT2D eigenvalue weighted by Gasteiger charge is 2.29. The molecule has 150 valence electrons. The van der Waals surface area contributed by atoms with Gasteiger partial charge in [-0.05, 0) is 49.2 Å². The molecule has 4 rings (SSSR count). The van der Waals surface area contributed by atoms with Crippen LogP contribution in [0.1, 0.15) is 12.8 Å². The smallest absolute Gasteiger partial charge is 0.324 e. The second-order valence-electron chi connectivity index (χ2n) is 6.77. The van der Waals surface area contributed by atoms with E-state index in [1.807, 2.05) is 29.2 Å². The Hall–Kier alpha value is -3.13. The summed E-state index contributed by atoms with van der Waals surface area (Å²) >= 11 is 5.83. The van der Waals surface area contributed by atoms with Gasteiger partial charge in [0.05, 0.1) is 18.1 Å². The third-order valence-electron chi connectivity index (χ3n) is 4.80. The number of nitrogens with one attached hydrogen (secondary N) is 1. The standard InChI is InChI=1S/C20H20ClN5O3/c1-28-16-7-4-13(5-8-16)18-24-20(29-25-18)26-10-2-3-14(12-26)19(27)23-17-9-6-15(21)11-22-17/h4-9,11,14H,2-3,10,12H2,1H3,(H,22,23,27)/t14-/m1/s1. The first-order chi connectivity index (χ1) is 14.1. The number of anilines is 2. The van der Waals surface area contributed by atoms with Crippen molar-refractivity contribution in [2.24, 2.45) is 5.92 Å². The normalized spacial score (nSPS) is 16.5. The highest BCUT2D eigenvalue weighted by Crippen LogP contribution is 2.26. The van der Waals surface area contributed by atoms with Gasteiger partial charge in [-0.25, -0.2) is 4.98 Å². The highest BCUT2D eigenvalue weighted by molar-refractivity contribution is 6.30. The largest absolute Gasteiger partial charge is 0.497 e. The van der Waals surface area contributed by atoms with Crippen LogP contribution in [0.25, 0.3) is 11.4 Å². The summed E-state index contributed by atoms with van der Waals surface area (Å²) in [5.41, 5.74) is 0.834. The number of methoxy groups -OCH3 is 1. The van der Waals surface area contributed by atoms with Gasteiger partial charge in [-0.3, -0.25) is 4.79 Å². The second-order valence-corrected chi connectivity index (χ2v) is 7.20. The van der Waals surface area contributed by atoms with E-state index in [4.69, 9.17) is 20.9 Å². The van der Waals surface area contributed by atoms with Gasteiger partial charge in [0.1, 0.15) is 11.6 Å². The van der Waals surface area contributed by atoms with Crippen LogP contribution in [0.3, 0.4) is 0 Å². The number of halogens is 1. The van der Waals surface area contributed by atoms with E-state index >= 15 is 0 Å². The molecule has 29 heavy (non-hydrogen) atoms. The lowest BCUT2D eigenvalue weighted by Crippen LogP contribution is -2.41. The first-order valence-electron chi connectivity index (χ1n) is 9.28. The summed E-state index contributed by atoms with van der Waals surface area (Å²) < 4.78 is 10.6. The van der Waals surface area contributed by atoms with Gasteiger partial charge < -0.3 is 19.5 Å². The van der Waals surface area contributed by atoms with E-state index in [1.54, 1.807) is 19.2 Å².